The molecule has 0 fully saturated rings. The number of aromatic nitrogens is 1. The van der Waals surface area contributed by atoms with E-state index in [0.717, 1.165) is 22.2 Å². The maximum Gasteiger partial charge on any atom is 0.269 e. The molecular formula is C21H22N4O3S. The molecule has 0 aliphatic rings. The van der Waals surface area contributed by atoms with Gasteiger partial charge in [-0.15, -0.1) is 0 Å². The number of thiocarbonyl (C=S) groups is 1. The number of hydrazine groups is 1. The topological polar surface area (TPSA) is 84.5 Å². The summed E-state index contributed by atoms with van der Waals surface area (Å²) in [7, 11) is 1.60. The van der Waals surface area contributed by atoms with E-state index in [9.17, 15) is 4.79 Å². The lowest BCUT2D eigenvalue weighted by molar-refractivity contribution is 0.0943. The predicted molar refractivity (Wildman–Crippen MR) is 116 cm³/mol. The van der Waals surface area contributed by atoms with Gasteiger partial charge in [-0.1, -0.05) is 30.3 Å². The average molecular weight is 410 g/mol. The number of methoxy groups -OCH3 is 1. The zero-order chi connectivity index (χ0) is 20.5. The van der Waals surface area contributed by atoms with Crippen molar-refractivity contribution in [2.24, 2.45) is 0 Å². The number of ether oxygens (including phenoxy) is 2. The van der Waals surface area contributed by atoms with Gasteiger partial charge in [0.1, 0.15) is 17.9 Å². The van der Waals surface area contributed by atoms with E-state index in [1.807, 2.05) is 42.5 Å². The third-order valence-electron chi connectivity index (χ3n) is 4.09. The largest absolute Gasteiger partial charge is 0.487 e. The van der Waals surface area contributed by atoms with Crippen LogP contribution in [0.4, 0.5) is 0 Å². The summed E-state index contributed by atoms with van der Waals surface area (Å²) in [6.07, 6.45) is 1.75. The number of carbonyl (C=O) groups is 1. The molecule has 0 unspecified atom stereocenters. The van der Waals surface area contributed by atoms with Crippen LogP contribution < -0.4 is 20.9 Å². The lowest BCUT2D eigenvalue weighted by Gasteiger charge is -2.12. The Morgan fingerprint density at radius 1 is 1.07 bits per heavy atom. The van der Waals surface area contributed by atoms with Crippen LogP contribution in [-0.2, 0) is 11.3 Å². The van der Waals surface area contributed by atoms with E-state index < -0.39 is 0 Å². The SMILES string of the molecule is COCCNC(=S)NNC(=O)c1ccc(COc2cccc3cccnc23)cc1. The fourth-order valence-corrected chi connectivity index (χ4v) is 2.76. The van der Waals surface area contributed by atoms with Crippen LogP contribution in [-0.4, -0.2) is 36.3 Å². The second-order valence-electron chi connectivity index (χ2n) is 6.14. The fourth-order valence-electron chi connectivity index (χ4n) is 2.60. The number of hydrogen-bond acceptors (Lipinski definition) is 5. The summed E-state index contributed by atoms with van der Waals surface area (Å²) in [6.45, 7) is 1.45. The van der Waals surface area contributed by atoms with Gasteiger partial charge >= 0.3 is 0 Å². The van der Waals surface area contributed by atoms with Crippen LogP contribution in [0.5, 0.6) is 5.75 Å². The summed E-state index contributed by atoms with van der Waals surface area (Å²) in [4.78, 5) is 16.6. The number of carbonyl (C=O) groups excluding carboxylic acids is 1. The van der Waals surface area contributed by atoms with E-state index in [0.29, 0.717) is 30.4 Å². The number of nitrogens with one attached hydrogen (secondary N) is 3. The Morgan fingerprint density at radius 3 is 2.66 bits per heavy atom. The van der Waals surface area contributed by atoms with Crippen molar-refractivity contribution < 1.29 is 14.3 Å². The first-order chi connectivity index (χ1) is 14.2. The molecule has 150 valence electrons. The first-order valence-corrected chi connectivity index (χ1v) is 9.47. The number of fused-ring (bicyclic) bond motifs is 1. The molecule has 0 atom stereocenters. The van der Waals surface area contributed by atoms with Crippen LogP contribution in [0.15, 0.2) is 60.8 Å². The van der Waals surface area contributed by atoms with E-state index in [-0.39, 0.29) is 5.91 Å². The normalized spacial score (nSPS) is 10.4. The van der Waals surface area contributed by atoms with Crippen LogP contribution >= 0.6 is 12.2 Å². The minimum absolute atomic E-state index is 0.286. The summed E-state index contributed by atoms with van der Waals surface area (Å²) in [5.74, 6) is 0.440. The Labute approximate surface area is 174 Å². The first-order valence-electron chi connectivity index (χ1n) is 9.06. The molecule has 1 heterocycles. The van der Waals surface area contributed by atoms with Gasteiger partial charge in [0, 0.05) is 30.8 Å². The second kappa shape index (κ2) is 10.4. The molecule has 1 aromatic heterocycles. The maximum atomic E-state index is 12.2. The van der Waals surface area contributed by atoms with Crippen LogP contribution in [0.25, 0.3) is 10.9 Å². The highest BCUT2D eigenvalue weighted by Gasteiger charge is 2.07. The second-order valence-corrected chi connectivity index (χ2v) is 6.55. The average Bonchev–Trinajstić information content (AvgIpc) is 2.76. The molecular weight excluding hydrogens is 388 g/mol. The summed E-state index contributed by atoms with van der Waals surface area (Å²) in [6, 6.07) is 16.9. The van der Waals surface area contributed by atoms with Gasteiger partial charge in [-0.3, -0.25) is 20.6 Å². The van der Waals surface area contributed by atoms with Crippen molar-refractivity contribution in [3.05, 3.63) is 71.9 Å². The molecule has 7 nitrogen and oxygen atoms in total. The molecule has 1 amide bonds. The third-order valence-corrected chi connectivity index (χ3v) is 4.33. The van der Waals surface area contributed by atoms with Crippen molar-refractivity contribution in [1.82, 2.24) is 21.2 Å². The smallest absolute Gasteiger partial charge is 0.269 e. The van der Waals surface area contributed by atoms with E-state index >= 15 is 0 Å². The van der Waals surface area contributed by atoms with Crippen molar-refractivity contribution in [2.45, 2.75) is 6.61 Å². The van der Waals surface area contributed by atoms with Crippen LogP contribution in [0.1, 0.15) is 15.9 Å². The number of amides is 1. The Hall–Kier alpha value is -3.23. The highest BCUT2D eigenvalue weighted by molar-refractivity contribution is 7.80. The molecule has 0 aliphatic heterocycles. The molecule has 8 heteroatoms. The van der Waals surface area contributed by atoms with E-state index in [2.05, 4.69) is 21.2 Å². The monoisotopic (exact) mass is 410 g/mol. The summed E-state index contributed by atoms with van der Waals surface area (Å²) in [5.41, 5.74) is 7.48. The summed E-state index contributed by atoms with van der Waals surface area (Å²) in [5, 5.41) is 4.25. The molecule has 29 heavy (non-hydrogen) atoms. The minimum Gasteiger partial charge on any atom is -0.487 e. The van der Waals surface area contributed by atoms with E-state index in [4.69, 9.17) is 21.7 Å². The molecule has 3 N–H and O–H groups in total. The Morgan fingerprint density at radius 2 is 1.86 bits per heavy atom. The molecule has 3 rings (SSSR count). The number of nitrogens with zero attached hydrogens (tertiary/aromatic N) is 1. The molecule has 0 aliphatic carbocycles. The fraction of sp³-hybridized carbons (Fsp3) is 0.190. The highest BCUT2D eigenvalue weighted by atomic mass is 32.1. The lowest BCUT2D eigenvalue weighted by atomic mass is 10.1. The van der Waals surface area contributed by atoms with Crippen LogP contribution in [0.3, 0.4) is 0 Å². The standard InChI is InChI=1S/C21H22N4O3S/c1-27-13-12-23-21(29)25-24-20(26)17-9-7-15(8-10-17)14-28-18-6-2-4-16-5-3-11-22-19(16)18/h2-11H,12-14H2,1H3,(H,24,26)(H2,23,25,29). The third kappa shape index (κ3) is 5.87. The van der Waals surface area contributed by atoms with Gasteiger partial charge in [0.25, 0.3) is 5.91 Å². The minimum atomic E-state index is -0.286. The Balaban J connectivity index is 1.52. The molecule has 0 bridgehead atoms. The highest BCUT2D eigenvalue weighted by Crippen LogP contribution is 2.23. The zero-order valence-corrected chi connectivity index (χ0v) is 16.8. The summed E-state index contributed by atoms with van der Waals surface area (Å²) < 4.78 is 10.8. The molecule has 0 saturated heterocycles. The van der Waals surface area contributed by atoms with Gasteiger partial charge in [-0.05, 0) is 42.0 Å². The quantitative estimate of drug-likeness (QED) is 0.314. The van der Waals surface area contributed by atoms with Gasteiger partial charge < -0.3 is 14.8 Å². The number of hydrogen-bond donors (Lipinski definition) is 3. The van der Waals surface area contributed by atoms with Crippen molar-refractivity contribution in [3.8, 4) is 5.75 Å². The van der Waals surface area contributed by atoms with E-state index in [1.165, 1.54) is 0 Å². The van der Waals surface area contributed by atoms with Crippen molar-refractivity contribution in [1.29, 1.82) is 0 Å². The van der Waals surface area contributed by atoms with Crippen molar-refractivity contribution in [2.75, 3.05) is 20.3 Å². The van der Waals surface area contributed by atoms with Crippen LogP contribution in [0, 0.1) is 0 Å². The Bertz CT molecular complexity index is 974. The Kier molecular flexibility index (Phi) is 7.32. The van der Waals surface area contributed by atoms with E-state index in [1.54, 1.807) is 25.4 Å². The number of para-hydroxylation sites is 1. The zero-order valence-electron chi connectivity index (χ0n) is 16.0. The predicted octanol–water partition coefficient (Wildman–Crippen LogP) is 2.57. The molecule has 3 aromatic rings. The number of pyridine rings is 1. The van der Waals surface area contributed by atoms with Gasteiger partial charge in [-0.2, -0.15) is 0 Å². The van der Waals surface area contributed by atoms with Crippen LogP contribution in [0.2, 0.25) is 0 Å². The number of rotatable bonds is 7. The van der Waals surface area contributed by atoms with Gasteiger partial charge in [0.2, 0.25) is 0 Å². The first kappa shape index (κ1) is 20.5. The molecule has 2 aromatic carbocycles. The van der Waals surface area contributed by atoms with Gasteiger partial charge in [0.05, 0.1) is 6.61 Å². The maximum absolute atomic E-state index is 12.2. The van der Waals surface area contributed by atoms with Gasteiger partial charge in [-0.25, -0.2) is 0 Å². The molecule has 0 spiro atoms. The van der Waals surface area contributed by atoms with Gasteiger partial charge in [0.15, 0.2) is 5.11 Å². The van der Waals surface area contributed by atoms with Crippen molar-refractivity contribution in [3.63, 3.8) is 0 Å². The lowest BCUT2D eigenvalue weighted by Crippen LogP contribution is -2.47. The number of benzene rings is 2. The molecule has 0 saturated carbocycles. The molecule has 0 radical (unpaired) electrons. The summed E-state index contributed by atoms with van der Waals surface area (Å²) >= 11 is 5.06. The van der Waals surface area contributed by atoms with Crippen molar-refractivity contribution >= 4 is 34.1 Å².